The van der Waals surface area contributed by atoms with Crippen LogP contribution < -0.4 is 5.32 Å². The van der Waals surface area contributed by atoms with Gasteiger partial charge in [0.2, 0.25) is 0 Å². The predicted octanol–water partition coefficient (Wildman–Crippen LogP) is 8.86. The quantitative estimate of drug-likeness (QED) is 0.120. The highest BCUT2D eigenvalue weighted by molar-refractivity contribution is 7.98. The summed E-state index contributed by atoms with van der Waals surface area (Å²) in [5.74, 6) is 0.300. The van der Waals surface area contributed by atoms with Gasteiger partial charge in [-0.1, -0.05) is 56.7 Å². The highest BCUT2D eigenvalue weighted by Gasteiger charge is 2.15. The summed E-state index contributed by atoms with van der Waals surface area (Å²) in [6, 6.07) is 12.5. The normalized spacial score (nSPS) is 13.9. The van der Waals surface area contributed by atoms with Crippen molar-refractivity contribution in [3.63, 3.8) is 0 Å². The van der Waals surface area contributed by atoms with E-state index in [1.165, 1.54) is 22.5 Å². The van der Waals surface area contributed by atoms with Crippen molar-refractivity contribution in [2.75, 3.05) is 0 Å². The van der Waals surface area contributed by atoms with Gasteiger partial charge in [0, 0.05) is 53.4 Å². The van der Waals surface area contributed by atoms with Crippen molar-refractivity contribution in [3.05, 3.63) is 101 Å². The number of pyridine rings is 1. The summed E-state index contributed by atoms with van der Waals surface area (Å²) in [4.78, 5) is 13.0. The molecule has 0 amide bonds. The van der Waals surface area contributed by atoms with Crippen molar-refractivity contribution in [1.82, 2.24) is 15.3 Å². The number of nitrogens with zero attached hydrogens (tertiary/aromatic N) is 2. The molecular weight excluding hydrogens is 479 g/mol. The molecule has 0 saturated heterocycles. The first-order valence-electron chi connectivity index (χ1n) is 13.1. The number of halogens is 1. The molecular formula is C31H39FN4S. The van der Waals surface area contributed by atoms with E-state index in [1.54, 1.807) is 6.20 Å². The summed E-state index contributed by atoms with van der Waals surface area (Å²) in [7, 11) is 0. The molecule has 6 heteroatoms. The molecule has 2 aromatic heterocycles. The third-order valence-corrected chi connectivity index (χ3v) is 7.19. The van der Waals surface area contributed by atoms with Crippen LogP contribution in [0, 0.1) is 5.92 Å². The van der Waals surface area contributed by atoms with Crippen LogP contribution in [0.1, 0.15) is 64.0 Å². The van der Waals surface area contributed by atoms with Gasteiger partial charge < -0.3 is 10.3 Å². The lowest BCUT2D eigenvalue weighted by molar-refractivity contribution is 0.530. The topological polar surface area (TPSA) is 53.1 Å². The lowest BCUT2D eigenvalue weighted by Gasteiger charge is -2.19. The number of aliphatic imine (C=N–C) groups is 1. The second-order valence-electron chi connectivity index (χ2n) is 9.40. The summed E-state index contributed by atoms with van der Waals surface area (Å²) in [5.41, 5.74) is 6.38. The monoisotopic (exact) mass is 518 g/mol. The fourth-order valence-electron chi connectivity index (χ4n) is 4.58. The van der Waals surface area contributed by atoms with Gasteiger partial charge in [-0.05, 0) is 68.9 Å². The van der Waals surface area contributed by atoms with Crippen LogP contribution in [0.5, 0.6) is 0 Å². The van der Waals surface area contributed by atoms with Crippen LogP contribution in [0.25, 0.3) is 10.9 Å². The lowest BCUT2D eigenvalue weighted by Crippen LogP contribution is -2.17. The highest BCUT2D eigenvalue weighted by Crippen LogP contribution is 2.26. The van der Waals surface area contributed by atoms with Gasteiger partial charge in [0.05, 0.1) is 22.8 Å². The molecule has 4 nitrogen and oxygen atoms in total. The molecule has 1 aromatic carbocycles. The maximum absolute atomic E-state index is 13.5. The number of benzene rings is 1. The first-order valence-corrected chi connectivity index (χ1v) is 13.8. The number of para-hydroxylation sites is 1. The maximum Gasteiger partial charge on any atom is 0.0831 e. The molecule has 196 valence electrons. The van der Waals surface area contributed by atoms with Crippen LogP contribution in [-0.4, -0.2) is 15.7 Å². The van der Waals surface area contributed by atoms with E-state index >= 15 is 0 Å². The van der Waals surface area contributed by atoms with E-state index in [4.69, 9.17) is 4.99 Å². The van der Waals surface area contributed by atoms with E-state index < -0.39 is 0 Å². The number of nitrogens with one attached hydrogen (secondary N) is 2. The summed E-state index contributed by atoms with van der Waals surface area (Å²) >= 11 is 0.201. The first-order chi connectivity index (χ1) is 18.0. The Labute approximate surface area is 225 Å². The molecule has 0 aliphatic heterocycles. The Balaban J connectivity index is 1.74. The van der Waals surface area contributed by atoms with E-state index in [0.29, 0.717) is 23.1 Å². The second-order valence-corrected chi connectivity index (χ2v) is 9.99. The summed E-state index contributed by atoms with van der Waals surface area (Å²) in [5, 5.41) is 4.80. The molecule has 1 atom stereocenters. The summed E-state index contributed by atoms with van der Waals surface area (Å²) in [6.07, 6.45) is 15.9. The predicted molar refractivity (Wildman–Crippen MR) is 158 cm³/mol. The number of H-pyrrole nitrogens is 1. The van der Waals surface area contributed by atoms with Gasteiger partial charge in [0.25, 0.3) is 0 Å². The summed E-state index contributed by atoms with van der Waals surface area (Å²) < 4.78 is 13.5. The fourth-order valence-corrected chi connectivity index (χ4v) is 4.80. The van der Waals surface area contributed by atoms with Crippen molar-refractivity contribution < 1.29 is 3.89 Å². The van der Waals surface area contributed by atoms with Crippen molar-refractivity contribution >= 4 is 28.8 Å². The minimum absolute atomic E-state index is 0.201. The fraction of sp³-hybridized carbons (Fsp3) is 0.355. The molecule has 37 heavy (non-hydrogen) atoms. The molecule has 0 aliphatic rings. The molecule has 2 N–H and O–H groups in total. The van der Waals surface area contributed by atoms with Gasteiger partial charge in [-0.3, -0.25) is 9.98 Å². The molecule has 2 heterocycles. The average molecular weight is 519 g/mol. The van der Waals surface area contributed by atoms with Crippen LogP contribution >= 0.6 is 12.1 Å². The number of hydrogen-bond donors (Lipinski definition) is 2. The molecule has 1 unspecified atom stereocenters. The molecule has 0 bridgehead atoms. The number of hydrogen-bond acceptors (Lipinski definition) is 4. The number of aryl methyl sites for hydroxylation is 1. The Kier molecular flexibility index (Phi) is 11.7. The molecule has 0 radical (unpaired) electrons. The molecule has 0 aliphatic carbocycles. The maximum atomic E-state index is 13.5. The minimum atomic E-state index is 0.201. The van der Waals surface area contributed by atoms with Crippen molar-refractivity contribution in [2.45, 2.75) is 65.8 Å². The van der Waals surface area contributed by atoms with E-state index in [2.05, 4.69) is 78.3 Å². The number of fused-ring (bicyclic) bond motifs is 1. The van der Waals surface area contributed by atoms with Gasteiger partial charge in [0.15, 0.2) is 0 Å². The molecule has 0 fully saturated rings. The Morgan fingerprint density at radius 1 is 1.19 bits per heavy atom. The number of rotatable bonds is 15. The molecule has 0 saturated carbocycles. The Morgan fingerprint density at radius 2 is 2.03 bits per heavy atom. The third-order valence-electron chi connectivity index (χ3n) is 6.56. The van der Waals surface area contributed by atoms with E-state index in [9.17, 15) is 3.89 Å². The zero-order valence-corrected chi connectivity index (χ0v) is 23.1. The Hall–Kier alpha value is -3.12. The smallest absolute Gasteiger partial charge is 0.0831 e. The van der Waals surface area contributed by atoms with E-state index in [1.807, 2.05) is 19.2 Å². The SMILES string of the molecule is C=C/C(SF)=C(C)/N=C(\C=C(/C)NCc1cccnc1)C(CCC)CCCCc1c[nH]c2ccccc12. The van der Waals surface area contributed by atoms with Crippen LogP contribution in [-0.2, 0) is 13.0 Å². The van der Waals surface area contributed by atoms with Crippen molar-refractivity contribution in [1.29, 1.82) is 0 Å². The number of aromatic nitrogens is 2. The van der Waals surface area contributed by atoms with Crippen LogP contribution in [0.2, 0.25) is 0 Å². The van der Waals surface area contributed by atoms with Gasteiger partial charge in [0.1, 0.15) is 0 Å². The minimum Gasteiger partial charge on any atom is -0.384 e. The van der Waals surface area contributed by atoms with Crippen LogP contribution in [0.3, 0.4) is 0 Å². The lowest BCUT2D eigenvalue weighted by atomic mass is 9.90. The second kappa shape index (κ2) is 15.2. The first kappa shape index (κ1) is 28.5. The van der Waals surface area contributed by atoms with Gasteiger partial charge in [-0.25, -0.2) is 0 Å². The zero-order valence-electron chi connectivity index (χ0n) is 22.3. The van der Waals surface area contributed by atoms with E-state index in [0.717, 1.165) is 55.5 Å². The van der Waals surface area contributed by atoms with Gasteiger partial charge >= 0.3 is 0 Å². The number of aromatic amines is 1. The number of unbranched alkanes of at least 4 members (excludes halogenated alkanes) is 1. The molecule has 3 aromatic rings. The highest BCUT2D eigenvalue weighted by atomic mass is 32.2. The largest absolute Gasteiger partial charge is 0.384 e. The Morgan fingerprint density at radius 3 is 2.76 bits per heavy atom. The molecule has 0 spiro atoms. The van der Waals surface area contributed by atoms with Crippen molar-refractivity contribution in [3.8, 4) is 0 Å². The third kappa shape index (κ3) is 8.74. The number of allylic oxidation sites excluding steroid dienone is 4. The van der Waals surface area contributed by atoms with Crippen molar-refractivity contribution in [2.24, 2.45) is 10.9 Å². The van der Waals surface area contributed by atoms with Gasteiger partial charge in [-0.2, -0.15) is 3.89 Å². The Bertz CT molecular complexity index is 1230. The molecule has 3 rings (SSSR count). The van der Waals surface area contributed by atoms with Crippen LogP contribution in [0.4, 0.5) is 3.89 Å². The van der Waals surface area contributed by atoms with Crippen LogP contribution in [0.15, 0.2) is 95.0 Å². The standard InChI is InChI=1S/C31H39FN4S/c1-5-12-26(14-7-8-15-27-22-35-29-17-10-9-16-28(27)29)30(36-24(4)31(6-2)37-32)19-23(3)34-21-25-13-11-18-33-20-25/h6,9-11,13,16-20,22,26,34-35H,2,5,7-8,12,14-15,21H2,1,3-4H3/b23-19+,31-24-,36-30+. The van der Waals surface area contributed by atoms with Gasteiger partial charge in [-0.15, -0.1) is 0 Å². The average Bonchev–Trinajstić information content (AvgIpc) is 3.33. The van der Waals surface area contributed by atoms with E-state index in [-0.39, 0.29) is 12.1 Å². The zero-order chi connectivity index (χ0) is 26.5. The summed E-state index contributed by atoms with van der Waals surface area (Å²) in [6.45, 7) is 10.6.